The van der Waals surface area contributed by atoms with Crippen molar-refractivity contribution >= 4 is 18.1 Å². The topological polar surface area (TPSA) is 46.2 Å². The number of benzene rings is 1. The van der Waals surface area contributed by atoms with Crippen LogP contribution >= 0.6 is 0 Å². The molecule has 1 rings (SSSR count). The molecule has 0 aromatic heterocycles. The molecular weight excluding hydrogens is 298 g/mol. The summed E-state index contributed by atoms with van der Waals surface area (Å²) in [7, 11) is -4.81. The molecule has 0 fully saturated rings. The minimum Gasteiger partial charge on any atom is -0.208 e. The summed E-state index contributed by atoms with van der Waals surface area (Å²) in [6.45, 7) is 14.6. The average Bonchev–Trinajstić information content (AvgIpc) is 2.34. The molecule has 3 nitrogen and oxygen atoms in total. The molecule has 0 spiro atoms. The van der Waals surface area contributed by atoms with Gasteiger partial charge in [0.1, 0.15) is 0 Å². The smallest absolute Gasteiger partial charge is 0.208 e. The predicted octanol–water partition coefficient (Wildman–Crippen LogP) is 3.95. The first-order chi connectivity index (χ1) is 9.56. The van der Waals surface area contributed by atoms with E-state index < -0.39 is 18.1 Å². The first kappa shape index (κ1) is 18.1. The molecule has 1 aromatic rings. The highest BCUT2D eigenvalue weighted by molar-refractivity contribution is 7.89. The van der Waals surface area contributed by atoms with Crippen LogP contribution in [0, 0.1) is 6.92 Å². The number of nitrogens with one attached hydrogen (secondary N) is 1. The van der Waals surface area contributed by atoms with Gasteiger partial charge in [-0.1, -0.05) is 43.4 Å². The molecule has 118 valence electrons. The number of sulfonamides is 1. The zero-order valence-corrected chi connectivity index (χ0v) is 15.5. The van der Waals surface area contributed by atoms with Crippen LogP contribution in [0.5, 0.6) is 0 Å². The van der Waals surface area contributed by atoms with Crippen LogP contribution in [-0.4, -0.2) is 22.5 Å². The lowest BCUT2D eigenvalue weighted by atomic mass is 10.2. The minimum atomic E-state index is -3.44. The van der Waals surface area contributed by atoms with Crippen LogP contribution in [-0.2, 0) is 10.0 Å². The molecular formula is C16H27NO2SSi. The number of hydrogen-bond donors (Lipinski definition) is 1. The highest BCUT2D eigenvalue weighted by Crippen LogP contribution is 2.28. The van der Waals surface area contributed by atoms with E-state index in [2.05, 4.69) is 30.9 Å². The number of allylic oxidation sites excluding steroid dienone is 1. The molecule has 2 atom stereocenters. The Bertz CT molecular complexity index is 573. The molecule has 0 aliphatic carbocycles. The molecule has 0 radical (unpaired) electrons. The van der Waals surface area contributed by atoms with Gasteiger partial charge in [0.25, 0.3) is 0 Å². The van der Waals surface area contributed by atoms with E-state index in [9.17, 15) is 8.42 Å². The molecule has 0 amide bonds. The molecule has 0 aliphatic heterocycles. The van der Waals surface area contributed by atoms with E-state index in [4.69, 9.17) is 0 Å². The summed E-state index contributed by atoms with van der Waals surface area (Å²) in [5.41, 5.74) is 1.45. The van der Waals surface area contributed by atoms with Crippen molar-refractivity contribution in [1.82, 2.24) is 4.72 Å². The summed E-state index contributed by atoms with van der Waals surface area (Å²) >= 11 is 0. The largest absolute Gasteiger partial charge is 0.240 e. The first-order valence-electron chi connectivity index (χ1n) is 7.28. The Labute approximate surface area is 130 Å². The predicted molar refractivity (Wildman–Crippen MR) is 92.9 cm³/mol. The van der Waals surface area contributed by atoms with Crippen LogP contribution in [0.4, 0.5) is 0 Å². The Morgan fingerprint density at radius 3 is 2.19 bits per heavy atom. The van der Waals surface area contributed by atoms with Gasteiger partial charge in [-0.15, -0.1) is 6.58 Å². The van der Waals surface area contributed by atoms with Crippen LogP contribution in [0.1, 0.15) is 18.9 Å². The lowest BCUT2D eigenvalue weighted by molar-refractivity contribution is 0.547. The van der Waals surface area contributed by atoms with E-state index in [0.29, 0.717) is 10.4 Å². The summed E-state index contributed by atoms with van der Waals surface area (Å²) in [5.74, 6) is 0. The maximum absolute atomic E-state index is 12.3. The van der Waals surface area contributed by atoms with Gasteiger partial charge in [-0.3, -0.25) is 0 Å². The molecule has 21 heavy (non-hydrogen) atoms. The van der Waals surface area contributed by atoms with Crippen molar-refractivity contribution in [1.29, 1.82) is 0 Å². The molecule has 0 saturated carbocycles. The molecule has 5 heteroatoms. The summed E-state index contributed by atoms with van der Waals surface area (Å²) in [5, 5.41) is 0. The molecule has 0 aliphatic rings. The summed E-state index contributed by atoms with van der Waals surface area (Å²) in [4.78, 5) is 0.322. The quantitative estimate of drug-likeness (QED) is 0.609. The average molecular weight is 326 g/mol. The zero-order valence-electron chi connectivity index (χ0n) is 13.7. The Hall–Kier alpha value is -0.913. The maximum Gasteiger partial charge on any atom is 0.240 e. The summed E-state index contributed by atoms with van der Waals surface area (Å²) in [6.07, 6.45) is 2.77. The van der Waals surface area contributed by atoms with E-state index in [-0.39, 0.29) is 6.04 Å². The fourth-order valence-corrected chi connectivity index (χ4v) is 5.31. The van der Waals surface area contributed by atoms with E-state index in [1.54, 1.807) is 12.1 Å². The Morgan fingerprint density at radius 2 is 1.76 bits per heavy atom. The third kappa shape index (κ3) is 5.41. The number of hydrogen-bond acceptors (Lipinski definition) is 2. The zero-order chi connectivity index (χ0) is 16.3. The third-order valence-corrected chi connectivity index (χ3v) is 7.99. The molecule has 0 bridgehead atoms. The second kappa shape index (κ2) is 6.90. The second-order valence-electron chi connectivity index (χ2n) is 6.78. The highest BCUT2D eigenvalue weighted by Gasteiger charge is 2.27. The van der Waals surface area contributed by atoms with E-state index >= 15 is 0 Å². The third-order valence-electron chi connectivity index (χ3n) is 3.69. The highest BCUT2D eigenvalue weighted by atomic mass is 32.2. The van der Waals surface area contributed by atoms with Crippen LogP contribution in [0.25, 0.3) is 0 Å². The van der Waals surface area contributed by atoms with E-state index in [1.807, 2.05) is 32.1 Å². The fraction of sp³-hybridized carbons (Fsp3) is 0.500. The van der Waals surface area contributed by atoms with Crippen LogP contribution < -0.4 is 4.72 Å². The van der Waals surface area contributed by atoms with Crippen LogP contribution in [0.3, 0.4) is 0 Å². The van der Waals surface area contributed by atoms with Crippen molar-refractivity contribution in [3.05, 3.63) is 42.5 Å². The van der Waals surface area contributed by atoms with Gasteiger partial charge in [-0.05, 0) is 37.9 Å². The lowest BCUT2D eigenvalue weighted by Crippen LogP contribution is -2.37. The number of rotatable bonds is 7. The SMILES string of the molecule is C=CC(C[C@@H](C)NS(=O)(=O)c1ccc(C)cc1)[Si](C)(C)C. The second-order valence-corrected chi connectivity index (χ2v) is 14.0. The van der Waals surface area contributed by atoms with Gasteiger partial charge in [0.05, 0.1) is 13.0 Å². The van der Waals surface area contributed by atoms with Crippen LogP contribution in [0.15, 0.2) is 41.8 Å². The first-order valence-corrected chi connectivity index (χ1v) is 12.3. The van der Waals surface area contributed by atoms with Gasteiger partial charge in [0.15, 0.2) is 0 Å². The van der Waals surface area contributed by atoms with Gasteiger partial charge in [0.2, 0.25) is 10.0 Å². The molecule has 1 unspecified atom stereocenters. The Morgan fingerprint density at radius 1 is 1.24 bits per heavy atom. The molecule has 1 N–H and O–H groups in total. The van der Waals surface area contributed by atoms with Crippen molar-refractivity contribution < 1.29 is 8.42 Å². The van der Waals surface area contributed by atoms with Gasteiger partial charge in [-0.2, -0.15) is 0 Å². The Balaban J connectivity index is 2.79. The van der Waals surface area contributed by atoms with Crippen molar-refractivity contribution in [3.63, 3.8) is 0 Å². The maximum atomic E-state index is 12.3. The molecule has 1 aromatic carbocycles. The number of aryl methyl sites for hydroxylation is 1. The molecule has 0 saturated heterocycles. The normalized spacial score (nSPS) is 15.5. The monoisotopic (exact) mass is 325 g/mol. The summed E-state index contributed by atoms with van der Waals surface area (Å²) in [6, 6.07) is 6.81. The fourth-order valence-electron chi connectivity index (χ4n) is 2.28. The Kier molecular flexibility index (Phi) is 5.96. The van der Waals surface area contributed by atoms with Gasteiger partial charge in [-0.25, -0.2) is 13.1 Å². The molecule has 0 heterocycles. The van der Waals surface area contributed by atoms with Gasteiger partial charge < -0.3 is 0 Å². The van der Waals surface area contributed by atoms with E-state index in [1.165, 1.54) is 0 Å². The minimum absolute atomic E-state index is 0.106. The van der Waals surface area contributed by atoms with Gasteiger partial charge >= 0.3 is 0 Å². The summed E-state index contributed by atoms with van der Waals surface area (Å²) < 4.78 is 27.5. The van der Waals surface area contributed by atoms with Crippen molar-refractivity contribution in [2.24, 2.45) is 0 Å². The van der Waals surface area contributed by atoms with Crippen LogP contribution in [0.2, 0.25) is 25.2 Å². The van der Waals surface area contributed by atoms with Crippen molar-refractivity contribution in [2.45, 2.75) is 56.4 Å². The lowest BCUT2D eigenvalue weighted by Gasteiger charge is -2.28. The van der Waals surface area contributed by atoms with Gasteiger partial charge in [0, 0.05) is 6.04 Å². The standard InChI is InChI=1S/C16H27NO2SSi/c1-7-16(21(4,5)6)12-14(3)17-20(18,19)15-10-8-13(2)9-11-15/h7-11,14,16-17H,1,12H2,2-6H3/t14-,16?/m1/s1. The van der Waals surface area contributed by atoms with E-state index in [0.717, 1.165) is 12.0 Å². The van der Waals surface area contributed by atoms with Crippen molar-refractivity contribution in [3.8, 4) is 0 Å². The van der Waals surface area contributed by atoms with Crippen molar-refractivity contribution in [2.75, 3.05) is 0 Å².